The second-order valence-corrected chi connectivity index (χ2v) is 4.38. The Kier molecular flexibility index (Phi) is 3.94. The highest BCUT2D eigenvalue weighted by Gasteiger charge is 2.29. The molecule has 2 rings (SSSR count). The van der Waals surface area contributed by atoms with Crippen LogP contribution in [0.3, 0.4) is 0 Å². The van der Waals surface area contributed by atoms with Gasteiger partial charge in [0.05, 0.1) is 11.2 Å². The van der Waals surface area contributed by atoms with Crippen LogP contribution in [0.15, 0.2) is 40.5 Å². The van der Waals surface area contributed by atoms with Gasteiger partial charge in [-0.25, -0.2) is 5.43 Å². The molecule has 4 heteroatoms. The molecule has 0 radical (unpaired) electrons. The zero-order valence-electron chi connectivity index (χ0n) is 9.27. The van der Waals surface area contributed by atoms with Crippen molar-refractivity contribution in [3.8, 4) is 0 Å². The Balaban J connectivity index is 1.87. The fraction of sp³-hybridized carbons (Fsp3) is 0.231. The van der Waals surface area contributed by atoms with Gasteiger partial charge in [0.15, 0.2) is 0 Å². The lowest BCUT2D eigenvalue weighted by atomic mass is 10.2. The SMILES string of the molecule is O=C(NN=C/C(Cl)=C\c1ccccc1)C1CC1. The van der Waals surface area contributed by atoms with E-state index in [9.17, 15) is 4.79 Å². The molecule has 0 bridgehead atoms. The molecule has 0 heterocycles. The van der Waals surface area contributed by atoms with Crippen LogP contribution in [0.25, 0.3) is 6.08 Å². The van der Waals surface area contributed by atoms with Crippen molar-refractivity contribution in [3.05, 3.63) is 40.9 Å². The van der Waals surface area contributed by atoms with Crippen LogP contribution in [0.5, 0.6) is 0 Å². The van der Waals surface area contributed by atoms with Gasteiger partial charge in [-0.2, -0.15) is 5.10 Å². The summed E-state index contributed by atoms with van der Waals surface area (Å²) in [6.07, 6.45) is 5.16. The number of benzene rings is 1. The van der Waals surface area contributed by atoms with Gasteiger partial charge < -0.3 is 0 Å². The smallest absolute Gasteiger partial charge is 0.243 e. The van der Waals surface area contributed by atoms with Crippen LogP contribution in [0.2, 0.25) is 0 Å². The predicted octanol–water partition coefficient (Wildman–Crippen LogP) is 2.78. The fourth-order valence-electron chi connectivity index (χ4n) is 1.34. The second-order valence-electron chi connectivity index (χ2n) is 3.95. The summed E-state index contributed by atoms with van der Waals surface area (Å²) in [4.78, 5) is 11.3. The van der Waals surface area contributed by atoms with Gasteiger partial charge in [-0.05, 0) is 24.5 Å². The minimum atomic E-state index is -0.0228. The summed E-state index contributed by atoms with van der Waals surface area (Å²) in [6.45, 7) is 0. The Morgan fingerprint density at radius 1 is 1.35 bits per heavy atom. The van der Waals surface area contributed by atoms with E-state index in [1.165, 1.54) is 6.21 Å². The first-order valence-electron chi connectivity index (χ1n) is 5.51. The van der Waals surface area contributed by atoms with Crippen LogP contribution in [0.4, 0.5) is 0 Å². The van der Waals surface area contributed by atoms with Crippen molar-refractivity contribution in [2.24, 2.45) is 11.0 Å². The van der Waals surface area contributed by atoms with E-state index in [0.717, 1.165) is 18.4 Å². The van der Waals surface area contributed by atoms with Gasteiger partial charge in [-0.15, -0.1) is 0 Å². The molecule has 88 valence electrons. The molecule has 1 saturated carbocycles. The molecule has 0 atom stereocenters. The summed E-state index contributed by atoms with van der Waals surface area (Å²) >= 11 is 5.95. The number of nitrogens with one attached hydrogen (secondary N) is 1. The maximum Gasteiger partial charge on any atom is 0.243 e. The first-order valence-corrected chi connectivity index (χ1v) is 5.88. The van der Waals surface area contributed by atoms with Gasteiger partial charge in [0.25, 0.3) is 0 Å². The minimum absolute atomic E-state index is 0.0228. The number of halogens is 1. The Bertz CT molecular complexity index is 450. The number of hydrogen-bond donors (Lipinski definition) is 1. The summed E-state index contributed by atoms with van der Waals surface area (Å²) in [5, 5.41) is 4.28. The van der Waals surface area contributed by atoms with Crippen molar-refractivity contribution < 1.29 is 4.79 Å². The van der Waals surface area contributed by atoms with E-state index in [0.29, 0.717) is 5.03 Å². The van der Waals surface area contributed by atoms with Gasteiger partial charge in [0.1, 0.15) is 0 Å². The lowest BCUT2D eigenvalue weighted by molar-refractivity contribution is -0.122. The van der Waals surface area contributed by atoms with E-state index in [1.54, 1.807) is 6.08 Å². The quantitative estimate of drug-likeness (QED) is 0.646. The molecule has 1 aliphatic rings. The van der Waals surface area contributed by atoms with Crippen LogP contribution >= 0.6 is 11.6 Å². The van der Waals surface area contributed by atoms with Crippen molar-refractivity contribution in [1.29, 1.82) is 0 Å². The zero-order valence-corrected chi connectivity index (χ0v) is 10.0. The predicted molar refractivity (Wildman–Crippen MR) is 69.6 cm³/mol. The molecule has 17 heavy (non-hydrogen) atoms. The van der Waals surface area contributed by atoms with Crippen LogP contribution < -0.4 is 5.43 Å². The molecule has 1 aromatic rings. The summed E-state index contributed by atoms with van der Waals surface area (Å²) in [5.74, 6) is 0.134. The van der Waals surface area contributed by atoms with E-state index in [4.69, 9.17) is 11.6 Å². The lowest BCUT2D eigenvalue weighted by Gasteiger charge is -1.95. The number of carbonyl (C=O) groups is 1. The molecule has 1 aromatic carbocycles. The third kappa shape index (κ3) is 4.04. The van der Waals surface area contributed by atoms with Gasteiger partial charge in [-0.3, -0.25) is 4.79 Å². The van der Waals surface area contributed by atoms with E-state index < -0.39 is 0 Å². The van der Waals surface area contributed by atoms with Crippen molar-refractivity contribution >= 4 is 29.8 Å². The average molecular weight is 249 g/mol. The molecular weight excluding hydrogens is 236 g/mol. The molecular formula is C13H13ClN2O. The molecule has 0 aliphatic heterocycles. The largest absolute Gasteiger partial charge is 0.273 e. The highest BCUT2D eigenvalue weighted by atomic mass is 35.5. The van der Waals surface area contributed by atoms with Gasteiger partial charge in [0.2, 0.25) is 5.91 Å². The number of allylic oxidation sites excluding steroid dienone is 1. The Hall–Kier alpha value is -1.61. The first kappa shape index (κ1) is 11.9. The van der Waals surface area contributed by atoms with Crippen LogP contribution in [0, 0.1) is 5.92 Å². The Morgan fingerprint density at radius 2 is 2.06 bits per heavy atom. The first-order chi connectivity index (χ1) is 8.25. The summed E-state index contributed by atoms with van der Waals surface area (Å²) in [5.41, 5.74) is 3.46. The van der Waals surface area contributed by atoms with E-state index >= 15 is 0 Å². The summed E-state index contributed by atoms with van der Waals surface area (Å²) in [7, 11) is 0. The number of rotatable bonds is 4. The van der Waals surface area contributed by atoms with Gasteiger partial charge >= 0.3 is 0 Å². The highest BCUT2D eigenvalue weighted by Crippen LogP contribution is 2.28. The van der Waals surface area contributed by atoms with Crippen molar-refractivity contribution in [2.75, 3.05) is 0 Å². The number of nitrogens with zero attached hydrogens (tertiary/aromatic N) is 1. The zero-order chi connectivity index (χ0) is 12.1. The molecule has 1 fully saturated rings. The van der Waals surface area contributed by atoms with Crippen LogP contribution in [0.1, 0.15) is 18.4 Å². The van der Waals surface area contributed by atoms with Crippen molar-refractivity contribution in [3.63, 3.8) is 0 Å². The topological polar surface area (TPSA) is 41.5 Å². The van der Waals surface area contributed by atoms with Crippen LogP contribution in [-0.2, 0) is 4.79 Å². The molecule has 0 aromatic heterocycles. The molecule has 3 nitrogen and oxygen atoms in total. The maximum atomic E-state index is 11.3. The van der Waals surface area contributed by atoms with E-state index in [2.05, 4.69) is 10.5 Å². The standard InChI is InChI=1S/C13H13ClN2O/c14-12(8-10-4-2-1-3-5-10)9-15-16-13(17)11-6-7-11/h1-5,8-9,11H,6-7H2,(H,16,17)/b12-8+,15-9?. The molecule has 1 amide bonds. The number of hydrogen-bond acceptors (Lipinski definition) is 2. The van der Waals surface area contributed by atoms with Crippen molar-refractivity contribution in [2.45, 2.75) is 12.8 Å². The van der Waals surface area contributed by atoms with Gasteiger partial charge in [-0.1, -0.05) is 41.9 Å². The fourth-order valence-corrected chi connectivity index (χ4v) is 1.51. The minimum Gasteiger partial charge on any atom is -0.273 e. The van der Waals surface area contributed by atoms with E-state index in [1.807, 2.05) is 30.3 Å². The molecule has 0 unspecified atom stereocenters. The number of amides is 1. The lowest BCUT2D eigenvalue weighted by Crippen LogP contribution is -2.18. The number of hydrazone groups is 1. The summed E-state index contributed by atoms with van der Waals surface area (Å²) in [6, 6.07) is 9.69. The van der Waals surface area contributed by atoms with Crippen LogP contribution in [-0.4, -0.2) is 12.1 Å². The third-order valence-electron chi connectivity index (χ3n) is 2.41. The summed E-state index contributed by atoms with van der Waals surface area (Å²) < 4.78 is 0. The molecule has 1 N–H and O–H groups in total. The normalized spacial score (nSPS) is 16.2. The molecule has 0 saturated heterocycles. The monoisotopic (exact) mass is 248 g/mol. The highest BCUT2D eigenvalue weighted by molar-refractivity contribution is 6.41. The average Bonchev–Trinajstić information content (AvgIpc) is 3.14. The third-order valence-corrected chi connectivity index (χ3v) is 2.62. The van der Waals surface area contributed by atoms with Crippen molar-refractivity contribution in [1.82, 2.24) is 5.43 Å². The maximum absolute atomic E-state index is 11.3. The second kappa shape index (κ2) is 5.64. The Labute approximate surface area is 105 Å². The molecule has 1 aliphatic carbocycles. The molecule has 0 spiro atoms. The Morgan fingerprint density at radius 3 is 2.71 bits per heavy atom. The van der Waals surface area contributed by atoms with Gasteiger partial charge in [0, 0.05) is 5.92 Å². The van der Waals surface area contributed by atoms with E-state index in [-0.39, 0.29) is 11.8 Å². The number of carbonyl (C=O) groups excluding carboxylic acids is 1.